The van der Waals surface area contributed by atoms with Gasteiger partial charge in [-0.1, -0.05) is 41.3 Å². The average molecular weight is 323 g/mol. The molecule has 0 radical (unpaired) electrons. The van der Waals surface area contributed by atoms with Crippen molar-refractivity contribution in [1.82, 2.24) is 10.2 Å². The zero-order valence-corrected chi connectivity index (χ0v) is 13.4. The topological polar surface area (TPSA) is 56.3 Å². The number of thioether (sulfide) groups is 1. The van der Waals surface area contributed by atoms with Crippen LogP contribution in [0.15, 0.2) is 28.6 Å². The van der Waals surface area contributed by atoms with Crippen molar-refractivity contribution in [2.24, 2.45) is 0 Å². The highest BCUT2D eigenvalue weighted by Gasteiger charge is 2.15. The first-order chi connectivity index (χ1) is 10.3. The lowest BCUT2D eigenvalue weighted by atomic mass is 10.2. The standard InChI is InChI=1S/C14H17N3O2S2/c1-10-4-2-3-5-12(10)15-13-16-17-14(21-13)20-8-11-6-7-18-9-19-11/h2-5,11H,6-9H2,1H3,(H,15,16)/t11-/m1/s1. The quantitative estimate of drug-likeness (QED) is 0.851. The highest BCUT2D eigenvalue weighted by molar-refractivity contribution is 8.01. The molecule has 7 heteroatoms. The summed E-state index contributed by atoms with van der Waals surface area (Å²) in [5, 5.41) is 12.5. The van der Waals surface area contributed by atoms with Crippen LogP contribution in [0.25, 0.3) is 0 Å². The number of anilines is 2. The Morgan fingerprint density at radius 2 is 2.29 bits per heavy atom. The normalized spacial score (nSPS) is 18.6. The molecule has 112 valence electrons. The smallest absolute Gasteiger partial charge is 0.210 e. The van der Waals surface area contributed by atoms with Crippen LogP contribution < -0.4 is 5.32 Å². The molecule has 5 nitrogen and oxygen atoms in total. The van der Waals surface area contributed by atoms with E-state index >= 15 is 0 Å². The van der Waals surface area contributed by atoms with Crippen LogP contribution in [-0.2, 0) is 9.47 Å². The Balaban J connectivity index is 1.55. The second-order valence-corrected chi connectivity index (χ2v) is 6.97. The second kappa shape index (κ2) is 7.22. The minimum absolute atomic E-state index is 0.250. The van der Waals surface area contributed by atoms with E-state index in [0.717, 1.165) is 33.9 Å². The predicted molar refractivity (Wildman–Crippen MR) is 85.4 cm³/mol. The van der Waals surface area contributed by atoms with Crippen molar-refractivity contribution in [1.29, 1.82) is 0 Å². The molecular formula is C14H17N3O2S2. The van der Waals surface area contributed by atoms with E-state index in [2.05, 4.69) is 28.5 Å². The van der Waals surface area contributed by atoms with Crippen LogP contribution in [0.2, 0.25) is 0 Å². The predicted octanol–water partition coefficient (Wildman–Crippen LogP) is 3.45. The summed E-state index contributed by atoms with van der Waals surface area (Å²) in [6.07, 6.45) is 1.19. The third-order valence-electron chi connectivity index (χ3n) is 3.16. The van der Waals surface area contributed by atoms with Gasteiger partial charge in [-0.15, -0.1) is 10.2 Å². The SMILES string of the molecule is Cc1ccccc1Nc1nnc(SC[C@H]2CCOCO2)s1. The fourth-order valence-corrected chi connectivity index (χ4v) is 3.80. The van der Waals surface area contributed by atoms with Gasteiger partial charge in [-0.2, -0.15) is 0 Å². The molecule has 0 spiro atoms. The molecule has 0 aliphatic carbocycles. The summed E-state index contributed by atoms with van der Waals surface area (Å²) in [5.41, 5.74) is 2.26. The first kappa shape index (κ1) is 14.8. The van der Waals surface area contributed by atoms with E-state index in [0.29, 0.717) is 6.79 Å². The molecule has 21 heavy (non-hydrogen) atoms. The third-order valence-corrected chi connectivity index (χ3v) is 5.26. The molecule has 2 heterocycles. The van der Waals surface area contributed by atoms with Gasteiger partial charge in [0.15, 0.2) is 4.34 Å². The van der Waals surface area contributed by atoms with Crippen molar-refractivity contribution in [3.63, 3.8) is 0 Å². The average Bonchev–Trinajstić information content (AvgIpc) is 2.96. The molecule has 0 saturated carbocycles. The van der Waals surface area contributed by atoms with Crippen molar-refractivity contribution >= 4 is 33.9 Å². The van der Waals surface area contributed by atoms with E-state index in [9.17, 15) is 0 Å². The summed E-state index contributed by atoms with van der Waals surface area (Å²) in [6, 6.07) is 8.14. The van der Waals surface area contributed by atoms with Crippen LogP contribution in [0.4, 0.5) is 10.8 Å². The summed E-state index contributed by atoms with van der Waals surface area (Å²) in [4.78, 5) is 0. The van der Waals surface area contributed by atoms with Crippen molar-refractivity contribution < 1.29 is 9.47 Å². The number of aromatic nitrogens is 2. The summed E-state index contributed by atoms with van der Waals surface area (Å²) in [5.74, 6) is 0.891. The lowest BCUT2D eigenvalue weighted by molar-refractivity contribution is -0.130. The van der Waals surface area contributed by atoms with Gasteiger partial charge >= 0.3 is 0 Å². The lowest BCUT2D eigenvalue weighted by Gasteiger charge is -2.21. The van der Waals surface area contributed by atoms with Crippen LogP contribution in [-0.4, -0.2) is 35.5 Å². The molecule has 0 amide bonds. The van der Waals surface area contributed by atoms with E-state index in [4.69, 9.17) is 9.47 Å². The van der Waals surface area contributed by atoms with Crippen LogP contribution >= 0.6 is 23.1 Å². The maximum absolute atomic E-state index is 5.52. The highest BCUT2D eigenvalue weighted by atomic mass is 32.2. The van der Waals surface area contributed by atoms with E-state index in [1.807, 2.05) is 18.2 Å². The first-order valence-electron chi connectivity index (χ1n) is 6.79. The number of para-hydroxylation sites is 1. The Bertz CT molecular complexity index is 585. The van der Waals surface area contributed by atoms with Gasteiger partial charge < -0.3 is 14.8 Å². The van der Waals surface area contributed by atoms with Gasteiger partial charge in [-0.3, -0.25) is 0 Å². The minimum atomic E-state index is 0.250. The monoisotopic (exact) mass is 323 g/mol. The Morgan fingerprint density at radius 3 is 3.10 bits per heavy atom. The van der Waals surface area contributed by atoms with Gasteiger partial charge in [0, 0.05) is 11.4 Å². The zero-order valence-electron chi connectivity index (χ0n) is 11.7. The molecule has 1 aliphatic heterocycles. The van der Waals surface area contributed by atoms with Gasteiger partial charge in [0.1, 0.15) is 6.79 Å². The number of nitrogens with zero attached hydrogens (tertiary/aromatic N) is 2. The molecule has 1 aromatic carbocycles. The minimum Gasteiger partial charge on any atom is -0.355 e. The Morgan fingerprint density at radius 1 is 1.38 bits per heavy atom. The van der Waals surface area contributed by atoms with Crippen LogP contribution in [0, 0.1) is 6.92 Å². The molecule has 1 aromatic heterocycles. The molecule has 3 rings (SSSR count). The maximum atomic E-state index is 5.52. The summed E-state index contributed by atoms with van der Waals surface area (Å²) in [6.45, 7) is 3.25. The molecule has 0 bridgehead atoms. The van der Waals surface area contributed by atoms with Gasteiger partial charge in [0.25, 0.3) is 0 Å². The van der Waals surface area contributed by atoms with Crippen molar-refractivity contribution in [2.75, 3.05) is 24.5 Å². The molecule has 1 fully saturated rings. The molecular weight excluding hydrogens is 306 g/mol. The largest absolute Gasteiger partial charge is 0.355 e. The Labute approximate surface area is 132 Å². The summed E-state index contributed by atoms with van der Waals surface area (Å²) >= 11 is 3.25. The summed E-state index contributed by atoms with van der Waals surface area (Å²) in [7, 11) is 0. The number of aryl methyl sites for hydroxylation is 1. The fraction of sp³-hybridized carbons (Fsp3) is 0.429. The molecule has 1 atom stereocenters. The highest BCUT2D eigenvalue weighted by Crippen LogP contribution is 2.29. The Kier molecular flexibility index (Phi) is 5.08. The number of benzene rings is 1. The number of hydrogen-bond acceptors (Lipinski definition) is 7. The molecule has 1 aliphatic rings. The van der Waals surface area contributed by atoms with Gasteiger partial charge in [-0.05, 0) is 25.0 Å². The molecule has 0 unspecified atom stereocenters. The molecule has 1 N–H and O–H groups in total. The first-order valence-corrected chi connectivity index (χ1v) is 8.60. The van der Waals surface area contributed by atoms with Crippen molar-refractivity contribution in [3.05, 3.63) is 29.8 Å². The van der Waals surface area contributed by atoms with E-state index in [-0.39, 0.29) is 6.10 Å². The number of hydrogen-bond donors (Lipinski definition) is 1. The van der Waals surface area contributed by atoms with Crippen molar-refractivity contribution in [2.45, 2.75) is 23.8 Å². The van der Waals surface area contributed by atoms with Crippen LogP contribution in [0.3, 0.4) is 0 Å². The fourth-order valence-electron chi connectivity index (χ4n) is 1.94. The van der Waals surface area contributed by atoms with Crippen molar-refractivity contribution in [3.8, 4) is 0 Å². The number of rotatable bonds is 5. The Hall–Kier alpha value is -1.15. The molecule has 1 saturated heterocycles. The van der Waals surface area contributed by atoms with Gasteiger partial charge in [-0.25, -0.2) is 0 Å². The van der Waals surface area contributed by atoms with E-state index in [1.165, 1.54) is 5.56 Å². The maximum Gasteiger partial charge on any atom is 0.210 e. The van der Waals surface area contributed by atoms with E-state index in [1.54, 1.807) is 23.1 Å². The van der Waals surface area contributed by atoms with E-state index < -0.39 is 0 Å². The zero-order chi connectivity index (χ0) is 14.5. The number of nitrogens with one attached hydrogen (secondary N) is 1. The lowest BCUT2D eigenvalue weighted by Crippen LogP contribution is -2.25. The third kappa shape index (κ3) is 4.16. The number of ether oxygens (including phenoxy) is 2. The van der Waals surface area contributed by atoms with Crippen LogP contribution in [0.5, 0.6) is 0 Å². The molecule has 2 aromatic rings. The van der Waals surface area contributed by atoms with Crippen LogP contribution in [0.1, 0.15) is 12.0 Å². The second-order valence-electron chi connectivity index (χ2n) is 4.73. The van der Waals surface area contributed by atoms with Gasteiger partial charge in [0.05, 0.1) is 12.7 Å². The summed E-state index contributed by atoms with van der Waals surface area (Å²) < 4.78 is 11.6. The van der Waals surface area contributed by atoms with Gasteiger partial charge in [0.2, 0.25) is 5.13 Å².